The van der Waals surface area contributed by atoms with Crippen LogP contribution in [0.3, 0.4) is 0 Å². The van der Waals surface area contributed by atoms with E-state index in [4.69, 9.17) is 0 Å². The van der Waals surface area contributed by atoms with Crippen LogP contribution in [-0.4, -0.2) is 34.0 Å². The second kappa shape index (κ2) is 8.04. The van der Waals surface area contributed by atoms with Crippen molar-refractivity contribution in [2.45, 2.75) is 38.0 Å². The minimum absolute atomic E-state index is 0.0304. The number of fused-ring (bicyclic) bond motifs is 1. The highest BCUT2D eigenvalue weighted by atomic mass is 19.4. The average Bonchev–Trinajstić information content (AvgIpc) is 2.71. The lowest BCUT2D eigenvalue weighted by Crippen LogP contribution is -2.54. The molecule has 1 aliphatic heterocycles. The third kappa shape index (κ3) is 3.99. The Kier molecular flexibility index (Phi) is 5.89. The first kappa shape index (κ1) is 23.4. The van der Waals surface area contributed by atoms with Gasteiger partial charge in [0.2, 0.25) is 5.91 Å². The number of benzene rings is 1. The number of hydrogen-bond donors (Lipinski definition) is 1. The Balaban J connectivity index is 1.97. The first-order valence-corrected chi connectivity index (χ1v) is 8.97. The lowest BCUT2D eigenvalue weighted by molar-refractivity contribution is -0.359. The van der Waals surface area contributed by atoms with Gasteiger partial charge in [0.05, 0.1) is 12.2 Å². The molecule has 0 spiro atoms. The Morgan fingerprint density at radius 3 is 2.38 bits per heavy atom. The van der Waals surface area contributed by atoms with Crippen LogP contribution in [0.2, 0.25) is 0 Å². The number of nitrogens with one attached hydrogen (secondary N) is 1. The molecule has 2 aromatic rings. The maximum absolute atomic E-state index is 14.1. The predicted molar refractivity (Wildman–Crippen MR) is 96.5 cm³/mol. The molecular weight excluding hydrogens is 449 g/mol. The molecule has 0 saturated carbocycles. The first-order valence-electron chi connectivity index (χ1n) is 8.97. The lowest BCUT2D eigenvalue weighted by atomic mass is 9.97. The summed E-state index contributed by atoms with van der Waals surface area (Å²) in [5.41, 5.74) is 1.24. The Morgan fingerprint density at radius 2 is 1.81 bits per heavy atom. The number of carbonyl (C=O) groups is 2. The number of imide groups is 1. The largest absolute Gasteiger partial charge is 0.460 e. The zero-order valence-electron chi connectivity index (χ0n) is 16.3. The number of rotatable bonds is 5. The Morgan fingerprint density at radius 1 is 1.12 bits per heavy atom. The molecule has 0 unspecified atom stereocenters. The maximum Gasteiger partial charge on any atom is 0.460 e. The van der Waals surface area contributed by atoms with Gasteiger partial charge in [0, 0.05) is 31.4 Å². The van der Waals surface area contributed by atoms with E-state index in [0.717, 1.165) is 18.0 Å². The van der Waals surface area contributed by atoms with Gasteiger partial charge in [-0.15, -0.1) is 0 Å². The molecule has 13 heteroatoms. The van der Waals surface area contributed by atoms with Gasteiger partial charge in [-0.2, -0.15) is 30.7 Å². The molecule has 0 bridgehead atoms. The van der Waals surface area contributed by atoms with Crippen molar-refractivity contribution in [1.82, 2.24) is 15.4 Å². The predicted octanol–water partition coefficient (Wildman–Crippen LogP) is 4.36. The summed E-state index contributed by atoms with van der Waals surface area (Å²) in [4.78, 5) is 29.1. The highest BCUT2D eigenvalue weighted by molar-refractivity contribution is 6.14. The highest BCUT2D eigenvalue weighted by Crippen LogP contribution is 2.52. The quantitative estimate of drug-likeness (QED) is 0.668. The van der Waals surface area contributed by atoms with Gasteiger partial charge in [0.1, 0.15) is 0 Å². The summed E-state index contributed by atoms with van der Waals surface area (Å²) < 4.78 is 92.8. The highest BCUT2D eigenvalue weighted by Gasteiger charge is 2.73. The topological polar surface area (TPSA) is 65.5 Å². The van der Waals surface area contributed by atoms with E-state index >= 15 is 0 Å². The van der Waals surface area contributed by atoms with Gasteiger partial charge in [-0.1, -0.05) is 12.1 Å². The number of anilines is 1. The molecular formula is C19H15F7N4O2. The van der Waals surface area contributed by atoms with Crippen molar-refractivity contribution < 1.29 is 40.3 Å². The maximum atomic E-state index is 14.1. The van der Waals surface area contributed by atoms with Crippen LogP contribution in [-0.2, 0) is 23.8 Å². The van der Waals surface area contributed by atoms with E-state index in [1.165, 1.54) is 12.4 Å². The normalized spacial score (nSPS) is 15.1. The number of pyridine rings is 1. The number of carbonyl (C=O) groups excluding carboxylic acids is 2. The SMILES string of the molecule is CC(=O)N1C(=O)N(NCc2cccnc2)Cc2cc(C(F)(F)C(F)(F)C(F)(F)F)ccc21. The van der Waals surface area contributed by atoms with E-state index in [0.29, 0.717) is 22.6 Å². The minimum atomic E-state index is -6.49. The van der Waals surface area contributed by atoms with Crippen LogP contribution in [0.25, 0.3) is 0 Å². The molecule has 1 aromatic heterocycles. The van der Waals surface area contributed by atoms with E-state index in [-0.39, 0.29) is 17.8 Å². The summed E-state index contributed by atoms with van der Waals surface area (Å²) in [5.74, 6) is -12.7. The summed E-state index contributed by atoms with van der Waals surface area (Å²) in [6.45, 7) is 0.564. The molecule has 32 heavy (non-hydrogen) atoms. The number of hydrazine groups is 1. The Hall–Kier alpha value is -3.22. The third-order valence-electron chi connectivity index (χ3n) is 4.70. The van der Waals surface area contributed by atoms with Crippen LogP contribution in [0.4, 0.5) is 41.2 Å². The van der Waals surface area contributed by atoms with Crippen molar-refractivity contribution in [2.75, 3.05) is 4.90 Å². The molecule has 172 valence electrons. The van der Waals surface area contributed by atoms with E-state index in [9.17, 15) is 40.3 Å². The van der Waals surface area contributed by atoms with Crippen LogP contribution in [0.15, 0.2) is 42.7 Å². The standard InChI is InChI=1S/C19H15F7N4O2/c1-11(31)30-15-5-4-14(17(20,21)18(22,23)19(24,25)26)7-13(15)10-29(16(30)32)28-9-12-3-2-6-27-8-12/h2-8,28H,9-10H2,1H3. The fourth-order valence-corrected chi connectivity index (χ4v) is 3.06. The van der Waals surface area contributed by atoms with Crippen molar-refractivity contribution in [2.24, 2.45) is 0 Å². The number of aromatic nitrogens is 1. The molecule has 0 saturated heterocycles. The number of amides is 3. The van der Waals surface area contributed by atoms with Gasteiger partial charge in [0.25, 0.3) is 0 Å². The van der Waals surface area contributed by atoms with E-state index in [2.05, 4.69) is 10.4 Å². The van der Waals surface area contributed by atoms with E-state index < -0.39 is 42.1 Å². The summed E-state index contributed by atoms with van der Waals surface area (Å²) >= 11 is 0. The monoisotopic (exact) mass is 464 g/mol. The van der Waals surface area contributed by atoms with Gasteiger partial charge >= 0.3 is 24.1 Å². The van der Waals surface area contributed by atoms with Crippen molar-refractivity contribution in [3.63, 3.8) is 0 Å². The lowest BCUT2D eigenvalue weighted by Gasteiger charge is -2.36. The summed E-state index contributed by atoms with van der Waals surface area (Å²) in [7, 11) is 0. The summed E-state index contributed by atoms with van der Waals surface area (Å²) in [6.07, 6.45) is -3.53. The van der Waals surface area contributed by atoms with Gasteiger partial charge in [-0.05, 0) is 29.3 Å². The van der Waals surface area contributed by atoms with Crippen LogP contribution < -0.4 is 10.3 Å². The Bertz CT molecular complexity index is 1030. The molecule has 1 aromatic carbocycles. The number of urea groups is 1. The zero-order valence-corrected chi connectivity index (χ0v) is 16.3. The van der Waals surface area contributed by atoms with Crippen molar-refractivity contribution >= 4 is 17.6 Å². The van der Waals surface area contributed by atoms with Gasteiger partial charge in [-0.3, -0.25) is 14.8 Å². The number of nitrogens with zero attached hydrogens (tertiary/aromatic N) is 3. The fraction of sp³-hybridized carbons (Fsp3) is 0.316. The van der Waals surface area contributed by atoms with Gasteiger partial charge in [0.15, 0.2) is 0 Å². The van der Waals surface area contributed by atoms with Crippen LogP contribution in [0.5, 0.6) is 0 Å². The first-order chi connectivity index (χ1) is 14.8. The molecule has 1 N–H and O–H groups in total. The van der Waals surface area contributed by atoms with Crippen LogP contribution in [0.1, 0.15) is 23.6 Å². The number of halogens is 7. The summed E-state index contributed by atoms with van der Waals surface area (Å²) in [6, 6.07) is 3.89. The molecule has 6 nitrogen and oxygen atoms in total. The fourth-order valence-electron chi connectivity index (χ4n) is 3.06. The van der Waals surface area contributed by atoms with E-state index in [1.54, 1.807) is 12.1 Å². The molecule has 3 amide bonds. The molecule has 0 atom stereocenters. The van der Waals surface area contributed by atoms with Crippen LogP contribution in [0, 0.1) is 0 Å². The molecule has 0 fully saturated rings. The number of alkyl halides is 7. The van der Waals surface area contributed by atoms with E-state index in [1.807, 2.05) is 0 Å². The minimum Gasteiger partial charge on any atom is -0.274 e. The molecule has 1 aliphatic rings. The average molecular weight is 464 g/mol. The van der Waals surface area contributed by atoms with Gasteiger partial charge in [-0.25, -0.2) is 15.1 Å². The molecule has 2 heterocycles. The van der Waals surface area contributed by atoms with Crippen LogP contribution >= 0.6 is 0 Å². The van der Waals surface area contributed by atoms with Crippen molar-refractivity contribution in [3.8, 4) is 0 Å². The van der Waals surface area contributed by atoms with Gasteiger partial charge < -0.3 is 0 Å². The second-order valence-electron chi connectivity index (χ2n) is 6.91. The second-order valence-corrected chi connectivity index (χ2v) is 6.91. The summed E-state index contributed by atoms with van der Waals surface area (Å²) in [5, 5.41) is 0.862. The Labute approximate surface area is 176 Å². The zero-order chi connectivity index (χ0) is 23.9. The van der Waals surface area contributed by atoms with Crippen molar-refractivity contribution in [3.05, 3.63) is 59.4 Å². The smallest absolute Gasteiger partial charge is 0.274 e. The van der Waals surface area contributed by atoms with Crippen molar-refractivity contribution in [1.29, 1.82) is 0 Å². The molecule has 0 radical (unpaired) electrons. The number of hydrogen-bond acceptors (Lipinski definition) is 4. The molecule has 3 rings (SSSR count). The molecule has 0 aliphatic carbocycles. The third-order valence-corrected chi connectivity index (χ3v) is 4.70.